The third kappa shape index (κ3) is 4.99. The number of hydrogen-bond acceptors (Lipinski definition) is 4. The second kappa shape index (κ2) is 9.75. The Kier molecular flexibility index (Phi) is 6.60. The SMILES string of the molecule is CC(C(=O)OCCn1cccc1)c1cc(=O)n(NC(=O)c2ccc(Cl)cc2)c2ccccc12. The van der Waals surface area contributed by atoms with Crippen LogP contribution in [0.5, 0.6) is 0 Å². The summed E-state index contributed by atoms with van der Waals surface area (Å²) in [6, 6.07) is 18.6. The topological polar surface area (TPSA) is 82.3 Å². The van der Waals surface area contributed by atoms with E-state index in [1.165, 1.54) is 10.7 Å². The van der Waals surface area contributed by atoms with E-state index in [2.05, 4.69) is 5.43 Å². The molecule has 0 saturated carbocycles. The Labute approximate surface area is 195 Å². The lowest BCUT2D eigenvalue weighted by Crippen LogP contribution is -2.34. The van der Waals surface area contributed by atoms with Crippen LogP contribution in [-0.4, -0.2) is 27.7 Å². The Balaban J connectivity index is 1.58. The van der Waals surface area contributed by atoms with Gasteiger partial charge in [-0.3, -0.25) is 19.8 Å². The minimum atomic E-state index is -0.658. The van der Waals surface area contributed by atoms with Crippen molar-refractivity contribution >= 4 is 34.4 Å². The number of esters is 1. The number of fused-ring (bicyclic) bond motifs is 1. The van der Waals surface area contributed by atoms with Gasteiger partial charge in [0, 0.05) is 34.4 Å². The van der Waals surface area contributed by atoms with Crippen molar-refractivity contribution in [3.05, 3.63) is 106 Å². The summed E-state index contributed by atoms with van der Waals surface area (Å²) < 4.78 is 8.53. The highest BCUT2D eigenvalue weighted by molar-refractivity contribution is 6.30. The summed E-state index contributed by atoms with van der Waals surface area (Å²) in [6.45, 7) is 2.48. The van der Waals surface area contributed by atoms with Gasteiger partial charge < -0.3 is 9.30 Å². The molecule has 4 aromatic rings. The van der Waals surface area contributed by atoms with Crippen LogP contribution >= 0.6 is 11.6 Å². The number of ether oxygens (including phenoxy) is 1. The van der Waals surface area contributed by atoms with Gasteiger partial charge in [0.25, 0.3) is 11.5 Å². The number of pyridine rings is 1. The van der Waals surface area contributed by atoms with Crippen molar-refractivity contribution in [2.45, 2.75) is 19.4 Å². The van der Waals surface area contributed by atoms with Crippen LogP contribution in [-0.2, 0) is 16.1 Å². The van der Waals surface area contributed by atoms with Crippen molar-refractivity contribution in [2.24, 2.45) is 0 Å². The number of halogens is 1. The van der Waals surface area contributed by atoms with Crippen LogP contribution in [0.1, 0.15) is 28.8 Å². The van der Waals surface area contributed by atoms with Gasteiger partial charge in [0.2, 0.25) is 0 Å². The van der Waals surface area contributed by atoms with E-state index in [0.29, 0.717) is 33.6 Å². The van der Waals surface area contributed by atoms with E-state index in [1.807, 2.05) is 35.2 Å². The van der Waals surface area contributed by atoms with Gasteiger partial charge in [-0.2, -0.15) is 0 Å². The first-order chi connectivity index (χ1) is 15.9. The summed E-state index contributed by atoms with van der Waals surface area (Å²) in [5, 5.41) is 1.18. The number of nitrogens with one attached hydrogen (secondary N) is 1. The number of carbonyl (C=O) groups excluding carboxylic acids is 2. The van der Waals surface area contributed by atoms with Crippen molar-refractivity contribution < 1.29 is 14.3 Å². The first-order valence-corrected chi connectivity index (χ1v) is 10.8. The van der Waals surface area contributed by atoms with Crippen LogP contribution in [0.4, 0.5) is 0 Å². The Bertz CT molecular complexity index is 1340. The summed E-state index contributed by atoms with van der Waals surface area (Å²) in [7, 11) is 0. The zero-order chi connectivity index (χ0) is 23.4. The molecular weight excluding hydrogens is 442 g/mol. The first-order valence-electron chi connectivity index (χ1n) is 10.4. The number of carbonyl (C=O) groups is 2. The maximum absolute atomic E-state index is 12.9. The molecule has 33 heavy (non-hydrogen) atoms. The molecule has 168 valence electrons. The van der Waals surface area contributed by atoms with E-state index < -0.39 is 23.4 Å². The van der Waals surface area contributed by atoms with Crippen LogP contribution in [0, 0.1) is 0 Å². The molecule has 7 nitrogen and oxygen atoms in total. The van der Waals surface area contributed by atoms with Gasteiger partial charge in [0.1, 0.15) is 6.61 Å². The van der Waals surface area contributed by atoms with Crippen LogP contribution in [0.3, 0.4) is 0 Å². The Morgan fingerprint density at radius 2 is 1.73 bits per heavy atom. The lowest BCUT2D eigenvalue weighted by Gasteiger charge is -2.18. The van der Waals surface area contributed by atoms with Gasteiger partial charge >= 0.3 is 5.97 Å². The van der Waals surface area contributed by atoms with E-state index in [9.17, 15) is 14.4 Å². The van der Waals surface area contributed by atoms with Gasteiger partial charge in [0.15, 0.2) is 0 Å². The Morgan fingerprint density at radius 1 is 1.03 bits per heavy atom. The highest BCUT2D eigenvalue weighted by Gasteiger charge is 2.22. The number of nitrogens with zero attached hydrogens (tertiary/aromatic N) is 2. The fourth-order valence-electron chi connectivity index (χ4n) is 3.57. The number of benzene rings is 2. The second-order valence-corrected chi connectivity index (χ2v) is 7.98. The highest BCUT2D eigenvalue weighted by Crippen LogP contribution is 2.25. The predicted octanol–water partition coefficient (Wildman–Crippen LogP) is 4.19. The smallest absolute Gasteiger partial charge is 0.313 e. The molecule has 1 amide bonds. The average Bonchev–Trinajstić information content (AvgIpc) is 3.34. The molecular formula is C25H22ClN3O4. The molecule has 2 aromatic carbocycles. The van der Waals surface area contributed by atoms with Crippen molar-refractivity contribution in [3.8, 4) is 0 Å². The Morgan fingerprint density at radius 3 is 2.45 bits per heavy atom. The van der Waals surface area contributed by atoms with Crippen molar-refractivity contribution in [1.82, 2.24) is 9.24 Å². The molecule has 0 spiro atoms. The molecule has 1 unspecified atom stereocenters. The summed E-state index contributed by atoms with van der Waals surface area (Å²) in [5.74, 6) is -1.53. The standard InChI is InChI=1S/C25H22ClN3O4/c1-17(25(32)33-15-14-28-12-4-5-13-28)21-16-23(30)29(22-7-3-2-6-20(21)22)27-24(31)18-8-10-19(26)11-9-18/h2-13,16-17H,14-15H2,1H3,(H,27,31). The van der Waals surface area contributed by atoms with Gasteiger partial charge in [-0.05, 0) is 55.0 Å². The van der Waals surface area contributed by atoms with E-state index >= 15 is 0 Å². The predicted molar refractivity (Wildman–Crippen MR) is 127 cm³/mol. The molecule has 4 rings (SSSR count). The number of aromatic nitrogens is 2. The maximum atomic E-state index is 12.9. The third-order valence-electron chi connectivity index (χ3n) is 5.36. The molecule has 0 bridgehead atoms. The third-order valence-corrected chi connectivity index (χ3v) is 5.61. The van der Waals surface area contributed by atoms with Crippen molar-refractivity contribution in [1.29, 1.82) is 0 Å². The van der Waals surface area contributed by atoms with E-state index in [4.69, 9.17) is 16.3 Å². The molecule has 0 aliphatic carbocycles. The Hall–Kier alpha value is -3.84. The summed E-state index contributed by atoms with van der Waals surface area (Å²) in [6.07, 6.45) is 3.78. The minimum absolute atomic E-state index is 0.226. The molecule has 1 atom stereocenters. The fourth-order valence-corrected chi connectivity index (χ4v) is 3.70. The molecule has 0 aliphatic heterocycles. The zero-order valence-corrected chi connectivity index (χ0v) is 18.7. The molecule has 0 radical (unpaired) electrons. The van der Waals surface area contributed by atoms with E-state index in [-0.39, 0.29) is 6.61 Å². The van der Waals surface area contributed by atoms with Crippen molar-refractivity contribution in [3.63, 3.8) is 0 Å². The number of amides is 1. The minimum Gasteiger partial charge on any atom is -0.463 e. The lowest BCUT2D eigenvalue weighted by molar-refractivity contribution is -0.145. The highest BCUT2D eigenvalue weighted by atomic mass is 35.5. The molecule has 0 saturated heterocycles. The van der Waals surface area contributed by atoms with Gasteiger partial charge in [0.05, 0.1) is 18.0 Å². The van der Waals surface area contributed by atoms with Gasteiger partial charge in [-0.1, -0.05) is 29.8 Å². The van der Waals surface area contributed by atoms with Crippen LogP contribution in [0.15, 0.2) is 83.9 Å². The van der Waals surface area contributed by atoms with Crippen LogP contribution in [0.25, 0.3) is 10.9 Å². The largest absolute Gasteiger partial charge is 0.463 e. The molecule has 1 N–H and O–H groups in total. The summed E-state index contributed by atoms with van der Waals surface area (Å²) in [4.78, 5) is 38.3. The summed E-state index contributed by atoms with van der Waals surface area (Å²) in [5.41, 5.74) is 3.56. The molecule has 2 heterocycles. The number of para-hydroxylation sites is 1. The average molecular weight is 464 g/mol. The van der Waals surface area contributed by atoms with Crippen LogP contribution < -0.4 is 11.0 Å². The molecule has 0 aliphatic rings. The molecule has 0 fully saturated rings. The van der Waals surface area contributed by atoms with E-state index in [0.717, 1.165) is 0 Å². The number of hydrogen-bond donors (Lipinski definition) is 1. The normalized spacial score (nSPS) is 11.8. The molecule has 2 aromatic heterocycles. The fraction of sp³-hybridized carbons (Fsp3) is 0.160. The van der Waals surface area contributed by atoms with E-state index in [1.54, 1.807) is 49.4 Å². The summed E-state index contributed by atoms with van der Waals surface area (Å²) >= 11 is 5.88. The monoisotopic (exact) mass is 463 g/mol. The number of rotatable bonds is 7. The first kappa shape index (κ1) is 22.4. The van der Waals surface area contributed by atoms with Gasteiger partial charge in [-0.15, -0.1) is 0 Å². The lowest BCUT2D eigenvalue weighted by atomic mass is 9.97. The zero-order valence-electron chi connectivity index (χ0n) is 17.9. The second-order valence-electron chi connectivity index (χ2n) is 7.55. The van der Waals surface area contributed by atoms with Crippen LogP contribution in [0.2, 0.25) is 5.02 Å². The molecule has 8 heteroatoms. The van der Waals surface area contributed by atoms with Gasteiger partial charge in [-0.25, -0.2) is 4.68 Å². The quantitative estimate of drug-likeness (QED) is 0.417. The van der Waals surface area contributed by atoms with Crippen molar-refractivity contribution in [2.75, 3.05) is 12.0 Å². The maximum Gasteiger partial charge on any atom is 0.313 e.